The lowest BCUT2D eigenvalue weighted by Crippen LogP contribution is -2.12. The van der Waals surface area contributed by atoms with E-state index in [1.54, 1.807) is 18.2 Å². The average molecular weight is 320 g/mol. The Hall–Kier alpha value is -2.28. The first-order valence-electron chi connectivity index (χ1n) is 6.63. The highest BCUT2D eigenvalue weighted by Gasteiger charge is 2.14. The molecule has 0 bridgehead atoms. The molecule has 1 unspecified atom stereocenters. The highest BCUT2D eigenvalue weighted by Crippen LogP contribution is 2.35. The molecule has 1 aromatic rings. The standard InChI is InChI=1S/C15H20N4O2S/c1-9(6-13(17)20)14(22-10(2)19-8-16)11-4-3-5-12(7-11)15(18)21/h3-5,7-8,10H,6H2,1-2H3,(H2,16,19)(H2,17,20)(H2,18,21)/b14-9-. The Morgan fingerprint density at radius 3 is 2.50 bits per heavy atom. The van der Waals surface area contributed by atoms with Gasteiger partial charge in [0.1, 0.15) is 0 Å². The number of hydrogen-bond donors (Lipinski definition) is 3. The molecule has 0 spiro atoms. The Labute approximate surface area is 133 Å². The zero-order valence-electron chi connectivity index (χ0n) is 12.6. The van der Waals surface area contributed by atoms with Crippen molar-refractivity contribution in [3.8, 4) is 0 Å². The van der Waals surface area contributed by atoms with Crippen molar-refractivity contribution < 1.29 is 9.59 Å². The second-order valence-electron chi connectivity index (χ2n) is 4.71. The predicted octanol–water partition coefficient (Wildman–Crippen LogP) is 1.46. The van der Waals surface area contributed by atoms with E-state index in [2.05, 4.69) is 4.99 Å². The minimum atomic E-state index is -0.508. The number of amides is 2. The van der Waals surface area contributed by atoms with E-state index >= 15 is 0 Å². The highest BCUT2D eigenvalue weighted by atomic mass is 32.2. The Bertz CT molecular complexity index is 626. The summed E-state index contributed by atoms with van der Waals surface area (Å²) in [5.41, 5.74) is 17.9. The third-order valence-corrected chi connectivity index (χ3v) is 4.10. The first kappa shape index (κ1) is 17.8. The van der Waals surface area contributed by atoms with Gasteiger partial charge < -0.3 is 17.2 Å². The average Bonchev–Trinajstić information content (AvgIpc) is 2.44. The maximum absolute atomic E-state index is 11.3. The number of thioether (sulfide) groups is 1. The molecule has 0 aliphatic carbocycles. The molecule has 0 aliphatic rings. The topological polar surface area (TPSA) is 125 Å². The predicted molar refractivity (Wildman–Crippen MR) is 91.1 cm³/mol. The van der Waals surface area contributed by atoms with Crippen LogP contribution >= 0.6 is 11.8 Å². The van der Waals surface area contributed by atoms with Crippen molar-refractivity contribution in [1.82, 2.24) is 0 Å². The largest absolute Gasteiger partial charge is 0.390 e. The van der Waals surface area contributed by atoms with Gasteiger partial charge in [-0.1, -0.05) is 23.9 Å². The van der Waals surface area contributed by atoms with Gasteiger partial charge in [-0.05, 0) is 37.1 Å². The van der Waals surface area contributed by atoms with Gasteiger partial charge in [-0.2, -0.15) is 0 Å². The number of carbonyl (C=O) groups excluding carboxylic acids is 2. The number of nitrogens with zero attached hydrogens (tertiary/aromatic N) is 1. The molecular formula is C15H20N4O2S. The van der Waals surface area contributed by atoms with Gasteiger partial charge in [-0.3, -0.25) is 14.6 Å². The molecule has 1 rings (SSSR count). The second kappa shape index (κ2) is 8.23. The summed E-state index contributed by atoms with van der Waals surface area (Å²) in [6.07, 6.45) is 1.36. The molecule has 0 radical (unpaired) electrons. The Kier molecular flexibility index (Phi) is 6.65. The van der Waals surface area contributed by atoms with Crippen LogP contribution in [0.1, 0.15) is 36.2 Å². The minimum Gasteiger partial charge on any atom is -0.390 e. The molecule has 1 atom stereocenters. The number of benzene rings is 1. The van der Waals surface area contributed by atoms with Gasteiger partial charge in [0.15, 0.2) is 0 Å². The maximum atomic E-state index is 11.3. The van der Waals surface area contributed by atoms with E-state index in [-0.39, 0.29) is 11.8 Å². The van der Waals surface area contributed by atoms with Gasteiger partial charge in [0.25, 0.3) is 0 Å². The van der Waals surface area contributed by atoms with Gasteiger partial charge in [0.05, 0.1) is 11.7 Å². The molecule has 7 heteroatoms. The molecule has 6 N–H and O–H groups in total. The van der Waals surface area contributed by atoms with Crippen LogP contribution in [0.4, 0.5) is 0 Å². The summed E-state index contributed by atoms with van der Waals surface area (Å²) >= 11 is 1.43. The molecule has 0 heterocycles. The first-order valence-corrected chi connectivity index (χ1v) is 7.51. The zero-order chi connectivity index (χ0) is 16.7. The summed E-state index contributed by atoms with van der Waals surface area (Å²) in [5, 5.41) is -0.139. The van der Waals surface area contributed by atoms with Gasteiger partial charge in [-0.15, -0.1) is 0 Å². The number of aliphatic imine (C=N–C) groups is 1. The molecule has 0 saturated heterocycles. The van der Waals surface area contributed by atoms with Crippen molar-refractivity contribution in [2.75, 3.05) is 0 Å². The fourth-order valence-electron chi connectivity index (χ4n) is 1.89. The van der Waals surface area contributed by atoms with Crippen LogP contribution in [0, 0.1) is 0 Å². The fourth-order valence-corrected chi connectivity index (χ4v) is 2.90. The van der Waals surface area contributed by atoms with Crippen molar-refractivity contribution in [3.05, 3.63) is 41.0 Å². The van der Waals surface area contributed by atoms with E-state index < -0.39 is 11.8 Å². The quantitative estimate of drug-likeness (QED) is 0.519. The molecule has 2 amide bonds. The molecule has 0 fully saturated rings. The number of rotatable bonds is 7. The number of primary amides is 2. The second-order valence-corrected chi connectivity index (χ2v) is 6.04. The SMILES string of the molecule is C/C(CC(N)=O)=C(/SC(C)/N=C/N)c1cccc(C(N)=O)c1. The molecule has 1 aromatic carbocycles. The van der Waals surface area contributed by atoms with Crippen molar-refractivity contribution in [1.29, 1.82) is 0 Å². The third kappa shape index (κ3) is 5.25. The molecule has 22 heavy (non-hydrogen) atoms. The summed E-state index contributed by atoms with van der Waals surface area (Å²) in [4.78, 5) is 27.4. The summed E-state index contributed by atoms with van der Waals surface area (Å²) < 4.78 is 0. The first-order chi connectivity index (χ1) is 10.3. The summed E-state index contributed by atoms with van der Waals surface area (Å²) in [5.74, 6) is -0.927. The van der Waals surface area contributed by atoms with Crippen LogP contribution in [0.15, 0.2) is 34.8 Å². The molecule has 0 saturated carbocycles. The Morgan fingerprint density at radius 1 is 1.32 bits per heavy atom. The smallest absolute Gasteiger partial charge is 0.248 e. The van der Waals surface area contributed by atoms with Crippen molar-refractivity contribution in [3.63, 3.8) is 0 Å². The van der Waals surface area contributed by atoms with Crippen LogP contribution in [0.2, 0.25) is 0 Å². The van der Waals surface area contributed by atoms with E-state index in [9.17, 15) is 9.59 Å². The summed E-state index contributed by atoms with van der Waals surface area (Å²) in [7, 11) is 0. The summed E-state index contributed by atoms with van der Waals surface area (Å²) in [6.45, 7) is 3.70. The van der Waals surface area contributed by atoms with Crippen molar-refractivity contribution >= 4 is 34.8 Å². The van der Waals surface area contributed by atoms with E-state index in [0.29, 0.717) is 5.56 Å². The van der Waals surface area contributed by atoms with Crippen LogP contribution in [-0.2, 0) is 4.79 Å². The van der Waals surface area contributed by atoms with Crippen LogP contribution in [-0.4, -0.2) is 23.5 Å². The molecular weight excluding hydrogens is 300 g/mol. The fraction of sp³-hybridized carbons (Fsp3) is 0.267. The molecule has 0 aromatic heterocycles. The normalized spacial score (nSPS) is 13.7. The molecule has 0 aliphatic heterocycles. The van der Waals surface area contributed by atoms with Crippen LogP contribution < -0.4 is 17.2 Å². The lowest BCUT2D eigenvalue weighted by molar-refractivity contribution is -0.117. The van der Waals surface area contributed by atoms with E-state index in [4.69, 9.17) is 17.2 Å². The minimum absolute atomic E-state index is 0.127. The third-order valence-electron chi connectivity index (χ3n) is 2.82. The number of nitrogens with two attached hydrogens (primary N) is 3. The maximum Gasteiger partial charge on any atom is 0.248 e. The Balaban J connectivity index is 3.27. The van der Waals surface area contributed by atoms with E-state index in [1.165, 1.54) is 18.1 Å². The van der Waals surface area contributed by atoms with Gasteiger partial charge in [-0.25, -0.2) is 0 Å². The van der Waals surface area contributed by atoms with Crippen LogP contribution in [0.3, 0.4) is 0 Å². The van der Waals surface area contributed by atoms with E-state index in [0.717, 1.165) is 16.0 Å². The van der Waals surface area contributed by atoms with Gasteiger partial charge in [0, 0.05) is 16.9 Å². The monoisotopic (exact) mass is 320 g/mol. The molecule has 118 valence electrons. The van der Waals surface area contributed by atoms with Crippen LogP contribution in [0.5, 0.6) is 0 Å². The lowest BCUT2D eigenvalue weighted by atomic mass is 10.1. The number of carbonyl (C=O) groups is 2. The zero-order valence-corrected chi connectivity index (χ0v) is 13.4. The highest BCUT2D eigenvalue weighted by molar-refractivity contribution is 8.08. The summed E-state index contributed by atoms with van der Waals surface area (Å²) in [6, 6.07) is 6.91. The van der Waals surface area contributed by atoms with Crippen molar-refractivity contribution in [2.45, 2.75) is 25.6 Å². The molecule has 6 nitrogen and oxygen atoms in total. The lowest BCUT2D eigenvalue weighted by Gasteiger charge is -2.15. The number of hydrogen-bond acceptors (Lipinski definition) is 4. The van der Waals surface area contributed by atoms with Crippen LogP contribution in [0.25, 0.3) is 4.91 Å². The van der Waals surface area contributed by atoms with Crippen molar-refractivity contribution in [2.24, 2.45) is 22.2 Å². The van der Waals surface area contributed by atoms with E-state index in [1.807, 2.05) is 19.9 Å². The van der Waals surface area contributed by atoms with Gasteiger partial charge in [0.2, 0.25) is 11.8 Å². The Morgan fingerprint density at radius 2 is 1.95 bits per heavy atom. The van der Waals surface area contributed by atoms with Gasteiger partial charge >= 0.3 is 0 Å².